The molecule has 1 heterocycles. The van der Waals surface area contributed by atoms with Crippen molar-refractivity contribution < 1.29 is 9.53 Å². The van der Waals surface area contributed by atoms with E-state index in [0.717, 1.165) is 22.1 Å². The van der Waals surface area contributed by atoms with Crippen LogP contribution in [0.3, 0.4) is 0 Å². The molecule has 5 rings (SSSR count). The lowest BCUT2D eigenvalue weighted by atomic mass is 10.0. The topological polar surface area (TPSA) is 73.2 Å². The number of benzene rings is 4. The number of nitrogens with zero attached hydrogens (tertiary/aromatic N) is 2. The van der Waals surface area contributed by atoms with Crippen molar-refractivity contribution in [2.75, 3.05) is 5.32 Å². The Balaban J connectivity index is 1.31. The van der Waals surface area contributed by atoms with Gasteiger partial charge in [-0.1, -0.05) is 60.7 Å². The fourth-order valence-corrected chi connectivity index (χ4v) is 3.72. The molecular formula is C28H21N3O3. The molecule has 166 valence electrons. The Kier molecular flexibility index (Phi) is 5.86. The van der Waals surface area contributed by atoms with Crippen molar-refractivity contribution in [2.45, 2.75) is 6.54 Å². The number of rotatable bonds is 6. The van der Waals surface area contributed by atoms with E-state index in [2.05, 4.69) is 10.4 Å². The van der Waals surface area contributed by atoms with Crippen LogP contribution in [-0.2, 0) is 11.3 Å². The molecule has 0 aliphatic heterocycles. The summed E-state index contributed by atoms with van der Waals surface area (Å²) in [5, 5.41) is 9.37. The summed E-state index contributed by atoms with van der Waals surface area (Å²) in [4.78, 5) is 25.0. The molecule has 0 aliphatic rings. The van der Waals surface area contributed by atoms with Gasteiger partial charge in [-0.15, -0.1) is 0 Å². The SMILES string of the molecule is O=C(Cn1nc(-c2cccc3ccccc23)ccc1=O)Nc1ccc(Oc2ccccc2)cc1. The minimum atomic E-state index is -0.346. The van der Waals surface area contributed by atoms with Gasteiger partial charge in [0.15, 0.2) is 0 Å². The van der Waals surface area contributed by atoms with Crippen LogP contribution in [-0.4, -0.2) is 15.7 Å². The molecular weight excluding hydrogens is 426 g/mol. The summed E-state index contributed by atoms with van der Waals surface area (Å²) in [7, 11) is 0. The van der Waals surface area contributed by atoms with Crippen LogP contribution in [0.4, 0.5) is 5.69 Å². The third-order valence-electron chi connectivity index (χ3n) is 5.34. The second-order valence-electron chi connectivity index (χ2n) is 7.73. The van der Waals surface area contributed by atoms with Crippen LogP contribution in [0.25, 0.3) is 22.0 Å². The number of anilines is 1. The van der Waals surface area contributed by atoms with Gasteiger partial charge in [0.1, 0.15) is 18.0 Å². The highest BCUT2D eigenvalue weighted by molar-refractivity contribution is 5.95. The smallest absolute Gasteiger partial charge is 0.267 e. The van der Waals surface area contributed by atoms with Gasteiger partial charge in [-0.05, 0) is 53.2 Å². The van der Waals surface area contributed by atoms with E-state index in [1.807, 2.05) is 72.8 Å². The summed E-state index contributed by atoms with van der Waals surface area (Å²) in [6, 6.07) is 33.5. The first-order valence-electron chi connectivity index (χ1n) is 10.8. The van der Waals surface area contributed by atoms with Crippen LogP contribution in [0.2, 0.25) is 0 Å². The molecule has 5 aromatic rings. The van der Waals surface area contributed by atoms with Gasteiger partial charge in [0.25, 0.3) is 5.56 Å². The van der Waals surface area contributed by atoms with Crippen molar-refractivity contribution in [1.29, 1.82) is 0 Å². The number of nitrogens with one attached hydrogen (secondary N) is 1. The number of hydrogen-bond donors (Lipinski definition) is 1. The molecule has 4 aromatic carbocycles. The molecule has 34 heavy (non-hydrogen) atoms. The maximum atomic E-state index is 12.6. The highest BCUT2D eigenvalue weighted by Gasteiger charge is 2.10. The number of amides is 1. The largest absolute Gasteiger partial charge is 0.457 e. The highest BCUT2D eigenvalue weighted by atomic mass is 16.5. The summed E-state index contributed by atoms with van der Waals surface area (Å²) in [6.45, 7) is -0.195. The maximum Gasteiger partial charge on any atom is 0.267 e. The molecule has 0 radical (unpaired) electrons. The van der Waals surface area contributed by atoms with Crippen molar-refractivity contribution in [3.63, 3.8) is 0 Å². The third-order valence-corrected chi connectivity index (χ3v) is 5.34. The first-order valence-corrected chi connectivity index (χ1v) is 10.8. The molecule has 0 bridgehead atoms. The van der Waals surface area contributed by atoms with Crippen molar-refractivity contribution in [1.82, 2.24) is 9.78 Å². The van der Waals surface area contributed by atoms with Crippen LogP contribution in [0, 0.1) is 0 Å². The Labute approximate surface area is 196 Å². The van der Waals surface area contributed by atoms with Crippen LogP contribution >= 0.6 is 0 Å². The van der Waals surface area contributed by atoms with Gasteiger partial charge >= 0.3 is 0 Å². The highest BCUT2D eigenvalue weighted by Crippen LogP contribution is 2.26. The van der Waals surface area contributed by atoms with E-state index >= 15 is 0 Å². The van der Waals surface area contributed by atoms with Crippen LogP contribution in [0.1, 0.15) is 0 Å². The molecule has 0 atom stereocenters. The zero-order chi connectivity index (χ0) is 23.3. The van der Waals surface area contributed by atoms with Gasteiger partial charge in [-0.2, -0.15) is 5.10 Å². The van der Waals surface area contributed by atoms with E-state index < -0.39 is 0 Å². The van der Waals surface area contributed by atoms with E-state index in [-0.39, 0.29) is 18.0 Å². The molecule has 0 spiro atoms. The molecule has 0 saturated heterocycles. The number of carbonyl (C=O) groups is 1. The summed E-state index contributed by atoms with van der Waals surface area (Å²) in [5.41, 5.74) is 1.79. The average molecular weight is 447 g/mol. The van der Waals surface area contributed by atoms with Crippen LogP contribution in [0.5, 0.6) is 11.5 Å². The summed E-state index contributed by atoms with van der Waals surface area (Å²) < 4.78 is 6.95. The zero-order valence-electron chi connectivity index (χ0n) is 18.2. The summed E-state index contributed by atoms with van der Waals surface area (Å²) >= 11 is 0. The predicted octanol–water partition coefficient (Wildman–Crippen LogP) is 5.49. The first-order chi connectivity index (χ1) is 16.7. The standard InChI is InChI=1S/C28H21N3O3/c32-27(29-21-13-15-23(16-14-21)34-22-9-2-1-3-10-22)19-31-28(33)18-17-26(30-31)25-12-6-8-20-7-4-5-11-24(20)25/h1-18H,19H2,(H,29,32). The number of aromatic nitrogens is 2. The second-order valence-corrected chi connectivity index (χ2v) is 7.73. The molecule has 0 fully saturated rings. The Morgan fingerprint density at radius 2 is 1.47 bits per heavy atom. The number of fused-ring (bicyclic) bond motifs is 1. The fraction of sp³-hybridized carbons (Fsp3) is 0.0357. The number of carbonyl (C=O) groups excluding carboxylic acids is 1. The lowest BCUT2D eigenvalue weighted by molar-refractivity contribution is -0.117. The Bertz CT molecular complexity index is 1500. The van der Waals surface area contributed by atoms with Gasteiger partial charge in [0, 0.05) is 17.3 Å². The van der Waals surface area contributed by atoms with Gasteiger partial charge in [-0.25, -0.2) is 4.68 Å². The van der Waals surface area contributed by atoms with Gasteiger partial charge in [0.05, 0.1) is 5.69 Å². The van der Waals surface area contributed by atoms with Crippen LogP contribution in [0.15, 0.2) is 114 Å². The van der Waals surface area contributed by atoms with Gasteiger partial charge in [0.2, 0.25) is 5.91 Å². The summed E-state index contributed by atoms with van der Waals surface area (Å²) in [5.74, 6) is 1.04. The number of hydrogen-bond acceptors (Lipinski definition) is 4. The number of para-hydroxylation sites is 1. The molecule has 1 N–H and O–H groups in total. The third kappa shape index (κ3) is 4.71. The normalized spacial score (nSPS) is 10.7. The molecule has 6 nitrogen and oxygen atoms in total. The molecule has 1 aromatic heterocycles. The minimum absolute atomic E-state index is 0.195. The molecule has 0 unspecified atom stereocenters. The lowest BCUT2D eigenvalue weighted by Crippen LogP contribution is -2.29. The van der Waals surface area contributed by atoms with Gasteiger partial charge < -0.3 is 10.1 Å². The average Bonchev–Trinajstić information content (AvgIpc) is 2.87. The maximum absolute atomic E-state index is 12.6. The lowest BCUT2D eigenvalue weighted by Gasteiger charge is -2.10. The molecule has 6 heteroatoms. The Hall–Kier alpha value is -4.71. The zero-order valence-corrected chi connectivity index (χ0v) is 18.2. The van der Waals surface area contributed by atoms with Crippen molar-refractivity contribution in [3.8, 4) is 22.8 Å². The predicted molar refractivity (Wildman–Crippen MR) is 133 cm³/mol. The van der Waals surface area contributed by atoms with Gasteiger partial charge in [-0.3, -0.25) is 9.59 Å². The first kappa shape index (κ1) is 21.2. The monoisotopic (exact) mass is 447 g/mol. The second kappa shape index (κ2) is 9.42. The van der Waals surface area contributed by atoms with E-state index in [1.54, 1.807) is 30.3 Å². The molecule has 0 saturated carbocycles. The Morgan fingerprint density at radius 3 is 2.29 bits per heavy atom. The molecule has 0 aliphatic carbocycles. The minimum Gasteiger partial charge on any atom is -0.457 e. The Morgan fingerprint density at radius 1 is 0.765 bits per heavy atom. The summed E-state index contributed by atoms with van der Waals surface area (Å²) in [6.07, 6.45) is 0. The van der Waals surface area contributed by atoms with Crippen molar-refractivity contribution >= 4 is 22.4 Å². The van der Waals surface area contributed by atoms with Crippen LogP contribution < -0.4 is 15.6 Å². The molecule has 1 amide bonds. The van der Waals surface area contributed by atoms with Crippen molar-refractivity contribution in [3.05, 3.63) is 120 Å². The van der Waals surface area contributed by atoms with E-state index in [0.29, 0.717) is 17.1 Å². The van der Waals surface area contributed by atoms with E-state index in [4.69, 9.17) is 4.74 Å². The quantitative estimate of drug-likeness (QED) is 0.373. The van der Waals surface area contributed by atoms with E-state index in [9.17, 15) is 9.59 Å². The fourth-order valence-electron chi connectivity index (χ4n) is 3.72. The van der Waals surface area contributed by atoms with E-state index in [1.165, 1.54) is 10.7 Å². The van der Waals surface area contributed by atoms with Crippen molar-refractivity contribution in [2.24, 2.45) is 0 Å². The number of ether oxygens (including phenoxy) is 1.